The Balaban J connectivity index is 1.56. The number of nitro benzene ring substituents is 1. The summed E-state index contributed by atoms with van der Waals surface area (Å²) < 4.78 is 0.974. The molecule has 1 aliphatic heterocycles. The summed E-state index contributed by atoms with van der Waals surface area (Å²) in [7, 11) is 0. The Bertz CT molecular complexity index is 1290. The average molecular weight is 560 g/mol. The molecule has 1 heterocycles. The summed E-state index contributed by atoms with van der Waals surface area (Å²) in [4.78, 5) is 23.4. The molecule has 0 radical (unpaired) electrons. The highest BCUT2D eigenvalue weighted by molar-refractivity contribution is 9.10. The summed E-state index contributed by atoms with van der Waals surface area (Å²) in [6, 6.07) is 19.9. The van der Waals surface area contributed by atoms with Crippen LogP contribution in [0, 0.1) is 16.0 Å². The van der Waals surface area contributed by atoms with E-state index in [1.807, 2.05) is 18.2 Å². The van der Waals surface area contributed by atoms with Gasteiger partial charge >= 0.3 is 5.97 Å². The van der Waals surface area contributed by atoms with E-state index in [0.717, 1.165) is 27.7 Å². The Morgan fingerprint density at radius 2 is 1.94 bits per heavy atom. The van der Waals surface area contributed by atoms with E-state index in [4.69, 9.17) is 11.6 Å². The quantitative estimate of drug-likeness (QED) is 0.197. The van der Waals surface area contributed by atoms with Gasteiger partial charge in [0, 0.05) is 27.4 Å². The van der Waals surface area contributed by atoms with E-state index in [9.17, 15) is 20.0 Å². The van der Waals surface area contributed by atoms with Gasteiger partial charge < -0.3 is 10.4 Å². The predicted molar refractivity (Wildman–Crippen MR) is 137 cm³/mol. The normalized spacial score (nSPS) is 25.2. The van der Waals surface area contributed by atoms with Crippen LogP contribution >= 0.6 is 39.3 Å². The summed E-state index contributed by atoms with van der Waals surface area (Å²) >= 11 is 12.1. The Morgan fingerprint density at radius 3 is 2.68 bits per heavy atom. The molecule has 0 spiro atoms. The highest BCUT2D eigenvalue weighted by Crippen LogP contribution is 2.58. The third-order valence-corrected chi connectivity index (χ3v) is 9.21. The lowest BCUT2D eigenvalue weighted by Gasteiger charge is -2.38. The van der Waals surface area contributed by atoms with E-state index in [0.29, 0.717) is 4.90 Å². The number of benzene rings is 3. The number of hydrogen-bond donors (Lipinski definition) is 2. The Labute approximate surface area is 214 Å². The topological polar surface area (TPSA) is 92.5 Å². The number of fused-ring (bicyclic) bond motifs is 3. The number of nitrogens with one attached hydrogen (secondary N) is 1. The number of carboxylic acids is 1. The third-order valence-electron chi connectivity index (χ3n) is 6.61. The molecule has 174 valence electrons. The lowest BCUT2D eigenvalue weighted by atomic mass is 9.77. The number of nitrogens with zero attached hydrogens (tertiary/aromatic N) is 1. The number of para-hydroxylation sites is 1. The van der Waals surface area contributed by atoms with Gasteiger partial charge in [0.15, 0.2) is 0 Å². The van der Waals surface area contributed by atoms with Gasteiger partial charge in [-0.05, 0) is 59.9 Å². The lowest BCUT2D eigenvalue weighted by molar-refractivity contribution is -0.387. The summed E-state index contributed by atoms with van der Waals surface area (Å²) in [6.45, 7) is 0. The van der Waals surface area contributed by atoms with Crippen LogP contribution in [0.25, 0.3) is 0 Å². The first kappa shape index (κ1) is 23.2. The number of anilines is 1. The van der Waals surface area contributed by atoms with Gasteiger partial charge in [-0.1, -0.05) is 40.2 Å². The standard InChI is InChI=1S/C25H20BrClN2O4S/c26-15-5-3-4-13(10-15)24-17-12-21(34-20-7-2-1-6-19(20)29(32)33)23(27)22(17)16-11-14(25(30)31)8-9-18(16)28-24/h1-11,17,21-24,28H,12H2,(H,30,31). The van der Waals surface area contributed by atoms with Gasteiger partial charge in [-0.2, -0.15) is 0 Å². The molecule has 3 aromatic rings. The van der Waals surface area contributed by atoms with Gasteiger partial charge in [0.05, 0.1) is 26.8 Å². The van der Waals surface area contributed by atoms with Crippen LogP contribution in [0.5, 0.6) is 0 Å². The van der Waals surface area contributed by atoms with Crippen molar-refractivity contribution in [1.82, 2.24) is 0 Å². The number of rotatable bonds is 5. The average Bonchev–Trinajstić information content (AvgIpc) is 3.14. The molecule has 9 heteroatoms. The smallest absolute Gasteiger partial charge is 0.335 e. The highest BCUT2D eigenvalue weighted by atomic mass is 79.9. The largest absolute Gasteiger partial charge is 0.478 e. The van der Waals surface area contributed by atoms with Crippen LogP contribution in [0.15, 0.2) is 76.1 Å². The molecule has 34 heavy (non-hydrogen) atoms. The molecular weight excluding hydrogens is 540 g/mol. The number of alkyl halides is 1. The van der Waals surface area contributed by atoms with Gasteiger partial charge in [-0.3, -0.25) is 10.1 Å². The molecule has 0 aromatic heterocycles. The van der Waals surface area contributed by atoms with E-state index in [1.54, 1.807) is 30.3 Å². The maximum atomic E-state index is 11.7. The molecule has 1 saturated carbocycles. The lowest BCUT2D eigenvalue weighted by Crippen LogP contribution is -2.31. The molecule has 5 unspecified atom stereocenters. The molecule has 5 rings (SSSR count). The predicted octanol–water partition coefficient (Wildman–Crippen LogP) is 7.09. The molecule has 2 N–H and O–H groups in total. The number of carboxylic acid groups (broad SMARTS) is 1. The third kappa shape index (κ3) is 4.19. The molecule has 2 aliphatic rings. The van der Waals surface area contributed by atoms with Crippen molar-refractivity contribution in [2.45, 2.75) is 33.9 Å². The molecule has 1 aliphatic carbocycles. The van der Waals surface area contributed by atoms with E-state index in [1.165, 1.54) is 17.8 Å². The minimum atomic E-state index is -0.983. The van der Waals surface area contributed by atoms with Crippen molar-refractivity contribution >= 4 is 56.6 Å². The Morgan fingerprint density at radius 1 is 1.15 bits per heavy atom. The number of nitro groups is 1. The monoisotopic (exact) mass is 558 g/mol. The van der Waals surface area contributed by atoms with Crippen LogP contribution in [0.4, 0.5) is 11.4 Å². The van der Waals surface area contributed by atoms with Crippen molar-refractivity contribution < 1.29 is 14.8 Å². The highest BCUT2D eigenvalue weighted by Gasteiger charge is 2.50. The van der Waals surface area contributed by atoms with Gasteiger partial charge in [0.1, 0.15) is 0 Å². The fourth-order valence-corrected chi connectivity index (χ4v) is 7.51. The number of halogens is 2. The van der Waals surface area contributed by atoms with E-state index < -0.39 is 5.97 Å². The van der Waals surface area contributed by atoms with Crippen LogP contribution in [-0.4, -0.2) is 26.6 Å². The fraction of sp³-hybridized carbons (Fsp3) is 0.240. The first-order valence-electron chi connectivity index (χ1n) is 10.8. The second-order valence-corrected chi connectivity index (χ2v) is 11.2. The van der Waals surface area contributed by atoms with Crippen molar-refractivity contribution in [3.63, 3.8) is 0 Å². The SMILES string of the molecule is O=C(O)c1ccc2c(c1)C1C(Cl)C(Sc3ccccc3[N+](=O)[O-])CC1C(c1cccc(Br)c1)N2. The molecular formula is C25H20BrClN2O4S. The molecule has 3 aromatic carbocycles. The Kier molecular flexibility index (Phi) is 6.31. The number of carbonyl (C=O) groups is 1. The molecule has 0 bridgehead atoms. The van der Waals surface area contributed by atoms with Crippen molar-refractivity contribution in [2.24, 2.45) is 5.92 Å². The van der Waals surface area contributed by atoms with Gasteiger partial charge in [0.25, 0.3) is 5.69 Å². The van der Waals surface area contributed by atoms with Crippen molar-refractivity contribution in [1.29, 1.82) is 0 Å². The van der Waals surface area contributed by atoms with Crippen LogP contribution in [0.2, 0.25) is 0 Å². The first-order valence-corrected chi connectivity index (χ1v) is 12.9. The molecule has 0 amide bonds. The maximum absolute atomic E-state index is 11.7. The fourth-order valence-electron chi connectivity index (χ4n) is 5.15. The van der Waals surface area contributed by atoms with Crippen LogP contribution in [-0.2, 0) is 0 Å². The summed E-state index contributed by atoms with van der Waals surface area (Å²) in [5.41, 5.74) is 3.16. The van der Waals surface area contributed by atoms with Crippen LogP contribution in [0.1, 0.15) is 39.9 Å². The van der Waals surface area contributed by atoms with Crippen molar-refractivity contribution in [3.05, 3.63) is 98.0 Å². The molecule has 6 nitrogen and oxygen atoms in total. The molecule has 1 fully saturated rings. The van der Waals surface area contributed by atoms with E-state index >= 15 is 0 Å². The Hall–Kier alpha value is -2.55. The van der Waals surface area contributed by atoms with Gasteiger partial charge in [-0.25, -0.2) is 4.79 Å². The van der Waals surface area contributed by atoms with Crippen LogP contribution in [0.3, 0.4) is 0 Å². The number of thioether (sulfide) groups is 1. The zero-order valence-corrected chi connectivity index (χ0v) is 20.9. The van der Waals surface area contributed by atoms with Gasteiger partial charge in [-0.15, -0.1) is 23.4 Å². The van der Waals surface area contributed by atoms with E-state index in [-0.39, 0.29) is 44.7 Å². The zero-order valence-electron chi connectivity index (χ0n) is 17.7. The zero-order chi connectivity index (χ0) is 24.0. The van der Waals surface area contributed by atoms with Gasteiger partial charge in [0.2, 0.25) is 0 Å². The summed E-state index contributed by atoms with van der Waals surface area (Å²) in [5.74, 6) is -0.988. The first-order chi connectivity index (χ1) is 16.3. The van der Waals surface area contributed by atoms with Crippen LogP contribution < -0.4 is 5.32 Å². The number of hydrogen-bond acceptors (Lipinski definition) is 5. The van der Waals surface area contributed by atoms with Crippen molar-refractivity contribution in [2.75, 3.05) is 5.32 Å². The van der Waals surface area contributed by atoms with Crippen molar-refractivity contribution in [3.8, 4) is 0 Å². The summed E-state index contributed by atoms with van der Waals surface area (Å²) in [6.07, 6.45) is 0.733. The second-order valence-electron chi connectivity index (χ2n) is 8.54. The molecule has 5 atom stereocenters. The molecule has 0 saturated heterocycles. The summed E-state index contributed by atoms with van der Waals surface area (Å²) in [5, 5.41) is 24.3. The second kappa shape index (κ2) is 9.24. The minimum absolute atomic E-state index is 0.0247. The maximum Gasteiger partial charge on any atom is 0.335 e. The van der Waals surface area contributed by atoms with E-state index in [2.05, 4.69) is 33.4 Å². The minimum Gasteiger partial charge on any atom is -0.478 e. The number of aromatic carboxylic acids is 1.